The monoisotopic (exact) mass is 475 g/mol. The number of thiocarbonyl (C=S) groups is 1. The van der Waals surface area contributed by atoms with Gasteiger partial charge in [0.05, 0.1) is 26.2 Å². The number of furan rings is 1. The predicted molar refractivity (Wildman–Crippen MR) is 123 cm³/mol. The summed E-state index contributed by atoms with van der Waals surface area (Å²) in [5, 5.41) is 9.89. The molecule has 0 unspecified atom stereocenters. The van der Waals surface area contributed by atoms with E-state index < -0.39 is 5.97 Å². The Bertz CT molecular complexity index is 1220. The fraction of sp³-hybridized carbons (Fsp3) is 0. The van der Waals surface area contributed by atoms with Crippen molar-refractivity contribution in [2.75, 3.05) is 4.90 Å². The van der Waals surface area contributed by atoms with Crippen molar-refractivity contribution in [1.29, 1.82) is 0 Å². The van der Waals surface area contributed by atoms with Gasteiger partial charge in [-0.25, -0.2) is 4.79 Å². The Balaban J connectivity index is 1.58. The topological polar surface area (TPSA) is 70.8 Å². The molecule has 1 amide bonds. The Morgan fingerprint density at radius 3 is 2.47 bits per heavy atom. The van der Waals surface area contributed by atoms with E-state index in [0.29, 0.717) is 36.5 Å². The molecule has 1 aliphatic heterocycles. The number of rotatable bonds is 4. The lowest BCUT2D eigenvalue weighted by molar-refractivity contribution is -0.113. The lowest BCUT2D eigenvalue weighted by atomic mass is 10.2. The third-order valence-electron chi connectivity index (χ3n) is 4.27. The fourth-order valence-electron chi connectivity index (χ4n) is 2.81. The highest BCUT2D eigenvalue weighted by atomic mass is 35.5. The SMILES string of the molecule is O=C(O)c1ccc(N2C(=O)C(=Cc3ccc(-c4ccc(Cl)c(Cl)c4)o3)SC2=S)cc1. The number of carboxylic acid groups (broad SMARTS) is 1. The first-order valence-corrected chi connectivity index (χ1v) is 10.5. The predicted octanol–water partition coefficient (Wildman–Crippen LogP) is 6.36. The number of anilines is 1. The third kappa shape index (κ3) is 4.02. The summed E-state index contributed by atoms with van der Waals surface area (Å²) in [6, 6.07) is 14.6. The van der Waals surface area contributed by atoms with Gasteiger partial charge in [-0.3, -0.25) is 9.69 Å². The second kappa shape index (κ2) is 8.28. The van der Waals surface area contributed by atoms with Crippen molar-refractivity contribution in [3.63, 3.8) is 0 Å². The summed E-state index contributed by atoms with van der Waals surface area (Å²) in [7, 11) is 0. The summed E-state index contributed by atoms with van der Waals surface area (Å²) in [5.41, 5.74) is 1.39. The van der Waals surface area contributed by atoms with Crippen LogP contribution >= 0.6 is 47.2 Å². The molecule has 0 spiro atoms. The number of halogens is 2. The van der Waals surface area contributed by atoms with Gasteiger partial charge in [0.15, 0.2) is 4.32 Å². The number of hydrogen-bond acceptors (Lipinski definition) is 5. The van der Waals surface area contributed by atoms with E-state index in [1.807, 2.05) is 0 Å². The van der Waals surface area contributed by atoms with Gasteiger partial charge in [0.2, 0.25) is 0 Å². The van der Waals surface area contributed by atoms with Gasteiger partial charge in [0.1, 0.15) is 11.5 Å². The zero-order chi connectivity index (χ0) is 21.4. The number of carboxylic acids is 1. The molecule has 2 heterocycles. The van der Waals surface area contributed by atoms with Crippen LogP contribution in [0.2, 0.25) is 10.0 Å². The van der Waals surface area contributed by atoms with Gasteiger partial charge >= 0.3 is 5.97 Å². The summed E-state index contributed by atoms with van der Waals surface area (Å²) in [5.74, 6) is -0.277. The van der Waals surface area contributed by atoms with Crippen molar-refractivity contribution in [2.45, 2.75) is 0 Å². The Hall–Kier alpha value is -2.58. The average Bonchev–Trinajstić information content (AvgIpc) is 3.29. The normalized spacial score (nSPS) is 15.3. The van der Waals surface area contributed by atoms with Crippen molar-refractivity contribution in [2.24, 2.45) is 0 Å². The molecule has 150 valence electrons. The number of thioether (sulfide) groups is 1. The van der Waals surface area contributed by atoms with Gasteiger partial charge in [-0.15, -0.1) is 0 Å². The van der Waals surface area contributed by atoms with Crippen LogP contribution in [0.1, 0.15) is 16.1 Å². The molecule has 0 saturated carbocycles. The van der Waals surface area contributed by atoms with Gasteiger partial charge < -0.3 is 9.52 Å². The van der Waals surface area contributed by atoms with E-state index in [9.17, 15) is 9.59 Å². The number of carbonyl (C=O) groups is 2. The van der Waals surface area contributed by atoms with E-state index in [0.717, 1.165) is 17.3 Å². The molecule has 2 aromatic carbocycles. The van der Waals surface area contributed by atoms with Crippen LogP contribution in [-0.2, 0) is 4.79 Å². The average molecular weight is 476 g/mol. The van der Waals surface area contributed by atoms with Crippen molar-refractivity contribution in [1.82, 2.24) is 0 Å². The van der Waals surface area contributed by atoms with Crippen LogP contribution in [0, 0.1) is 0 Å². The molecule has 1 fully saturated rings. The minimum Gasteiger partial charge on any atom is -0.478 e. The Morgan fingerprint density at radius 2 is 1.80 bits per heavy atom. The molecular formula is C21H11Cl2NO4S2. The van der Waals surface area contributed by atoms with E-state index in [1.54, 1.807) is 48.5 Å². The molecule has 0 bridgehead atoms. The summed E-state index contributed by atoms with van der Waals surface area (Å²) >= 11 is 18.5. The first-order chi connectivity index (χ1) is 14.3. The van der Waals surface area contributed by atoms with E-state index >= 15 is 0 Å². The Morgan fingerprint density at radius 1 is 1.07 bits per heavy atom. The van der Waals surface area contributed by atoms with Crippen LogP contribution in [0.25, 0.3) is 17.4 Å². The van der Waals surface area contributed by atoms with Gasteiger partial charge in [-0.05, 0) is 54.6 Å². The highest BCUT2D eigenvalue weighted by molar-refractivity contribution is 8.27. The number of hydrogen-bond donors (Lipinski definition) is 1. The van der Waals surface area contributed by atoms with Crippen molar-refractivity contribution >= 4 is 75.1 Å². The summed E-state index contributed by atoms with van der Waals surface area (Å²) in [4.78, 5) is 25.6. The maximum absolute atomic E-state index is 12.9. The summed E-state index contributed by atoms with van der Waals surface area (Å²) < 4.78 is 6.17. The van der Waals surface area contributed by atoms with E-state index in [4.69, 9.17) is 44.9 Å². The molecule has 30 heavy (non-hydrogen) atoms. The number of benzene rings is 2. The summed E-state index contributed by atoms with van der Waals surface area (Å²) in [6.45, 7) is 0. The quantitative estimate of drug-likeness (QED) is 0.349. The molecule has 0 aliphatic carbocycles. The molecule has 1 aliphatic rings. The molecule has 4 rings (SSSR count). The first-order valence-electron chi connectivity index (χ1n) is 8.50. The Kier molecular flexibility index (Phi) is 5.71. The lowest BCUT2D eigenvalue weighted by Crippen LogP contribution is -2.27. The molecule has 0 atom stereocenters. The summed E-state index contributed by atoms with van der Waals surface area (Å²) in [6.07, 6.45) is 1.62. The molecule has 1 aromatic heterocycles. The zero-order valence-electron chi connectivity index (χ0n) is 15.0. The van der Waals surface area contributed by atoms with Crippen LogP contribution in [0.4, 0.5) is 5.69 Å². The van der Waals surface area contributed by atoms with Crippen molar-refractivity contribution in [3.05, 3.63) is 80.9 Å². The van der Waals surface area contributed by atoms with Crippen LogP contribution in [0.3, 0.4) is 0 Å². The molecule has 1 N–H and O–H groups in total. The lowest BCUT2D eigenvalue weighted by Gasteiger charge is -2.14. The zero-order valence-corrected chi connectivity index (χ0v) is 18.1. The van der Waals surface area contributed by atoms with Gasteiger partial charge in [-0.2, -0.15) is 0 Å². The van der Waals surface area contributed by atoms with Crippen LogP contribution in [0.5, 0.6) is 0 Å². The number of aromatic carboxylic acids is 1. The highest BCUT2D eigenvalue weighted by Crippen LogP contribution is 2.37. The van der Waals surface area contributed by atoms with Gasteiger partial charge in [0.25, 0.3) is 5.91 Å². The fourth-order valence-corrected chi connectivity index (χ4v) is 4.38. The van der Waals surface area contributed by atoms with Crippen molar-refractivity contribution in [3.8, 4) is 11.3 Å². The number of nitrogens with zero attached hydrogens (tertiary/aromatic N) is 1. The van der Waals surface area contributed by atoms with Gasteiger partial charge in [0, 0.05) is 11.6 Å². The number of carbonyl (C=O) groups excluding carboxylic acids is 1. The first kappa shape index (κ1) is 20.7. The largest absolute Gasteiger partial charge is 0.478 e. The van der Waals surface area contributed by atoms with E-state index in [-0.39, 0.29) is 11.5 Å². The minimum absolute atomic E-state index is 0.130. The van der Waals surface area contributed by atoms with Crippen molar-refractivity contribution < 1.29 is 19.1 Å². The maximum Gasteiger partial charge on any atom is 0.335 e. The molecule has 3 aromatic rings. The van der Waals surface area contributed by atoms with E-state index in [2.05, 4.69) is 0 Å². The van der Waals surface area contributed by atoms with Gasteiger partial charge in [-0.1, -0.05) is 47.2 Å². The second-order valence-electron chi connectivity index (χ2n) is 6.20. The molecule has 9 heteroatoms. The highest BCUT2D eigenvalue weighted by Gasteiger charge is 2.33. The molecule has 0 radical (unpaired) electrons. The molecule has 1 saturated heterocycles. The van der Waals surface area contributed by atoms with Crippen LogP contribution < -0.4 is 4.90 Å². The van der Waals surface area contributed by atoms with E-state index in [1.165, 1.54) is 17.0 Å². The van der Waals surface area contributed by atoms with Crippen LogP contribution in [0.15, 0.2) is 63.9 Å². The Labute approximate surface area is 190 Å². The standard InChI is InChI=1S/C21H11Cl2NO4S2/c22-15-7-3-12(9-16(15)23)17-8-6-14(28-17)10-18-19(25)24(21(29)30-18)13-4-1-11(2-5-13)20(26)27/h1-10H,(H,26,27). The third-order valence-corrected chi connectivity index (χ3v) is 6.31. The smallest absolute Gasteiger partial charge is 0.335 e. The number of amides is 1. The minimum atomic E-state index is -1.04. The maximum atomic E-state index is 12.9. The second-order valence-corrected chi connectivity index (χ2v) is 8.69. The molecule has 5 nitrogen and oxygen atoms in total. The van der Waals surface area contributed by atoms with Crippen LogP contribution in [-0.4, -0.2) is 21.3 Å². The molecular weight excluding hydrogens is 465 g/mol.